The van der Waals surface area contributed by atoms with Crippen molar-refractivity contribution in [2.75, 3.05) is 7.05 Å². The Labute approximate surface area is 114 Å². The molecule has 106 valence electrons. The highest BCUT2D eigenvalue weighted by molar-refractivity contribution is 5.26. The first kappa shape index (κ1) is 14.4. The summed E-state index contributed by atoms with van der Waals surface area (Å²) in [5.41, 5.74) is 2.54. The molecule has 0 spiro atoms. The van der Waals surface area contributed by atoms with E-state index in [9.17, 15) is 8.78 Å². The van der Waals surface area contributed by atoms with Crippen molar-refractivity contribution in [2.24, 2.45) is 5.92 Å². The topological polar surface area (TPSA) is 12.0 Å². The van der Waals surface area contributed by atoms with Crippen molar-refractivity contribution >= 4 is 0 Å². The van der Waals surface area contributed by atoms with Gasteiger partial charge in [-0.2, -0.15) is 0 Å². The number of halogens is 2. The Balaban J connectivity index is 2.11. The Morgan fingerprint density at radius 3 is 2.58 bits per heavy atom. The van der Waals surface area contributed by atoms with Crippen molar-refractivity contribution in [1.29, 1.82) is 0 Å². The van der Waals surface area contributed by atoms with Crippen LogP contribution in [-0.4, -0.2) is 13.0 Å². The second-order valence-corrected chi connectivity index (χ2v) is 5.56. The lowest BCUT2D eigenvalue weighted by molar-refractivity contribution is -0.0495. The number of alkyl halides is 2. The van der Waals surface area contributed by atoms with Crippen LogP contribution in [0.2, 0.25) is 0 Å². The first-order valence-corrected chi connectivity index (χ1v) is 7.19. The first-order valence-electron chi connectivity index (χ1n) is 7.19. The maximum atomic E-state index is 13.2. The zero-order valence-electron chi connectivity index (χ0n) is 11.8. The molecule has 1 aliphatic rings. The van der Waals surface area contributed by atoms with E-state index in [1.807, 2.05) is 7.05 Å². The molecule has 2 rings (SSSR count). The van der Waals surface area contributed by atoms with Gasteiger partial charge in [-0.3, -0.25) is 0 Å². The molecule has 0 bridgehead atoms. The molecule has 1 saturated carbocycles. The minimum absolute atomic E-state index is 0.0311. The van der Waals surface area contributed by atoms with Crippen LogP contribution in [0.4, 0.5) is 8.78 Å². The molecule has 1 N–H and O–H groups in total. The molecule has 1 aromatic carbocycles. The molecule has 0 heterocycles. The molecule has 3 heteroatoms. The van der Waals surface area contributed by atoms with Gasteiger partial charge in [0.05, 0.1) is 0 Å². The van der Waals surface area contributed by atoms with Gasteiger partial charge in [0.15, 0.2) is 0 Å². The van der Waals surface area contributed by atoms with Crippen LogP contribution in [0.1, 0.15) is 49.8 Å². The summed E-state index contributed by atoms with van der Waals surface area (Å²) in [7, 11) is 1.93. The highest BCUT2D eigenvalue weighted by Crippen LogP contribution is 2.41. The van der Waals surface area contributed by atoms with Crippen LogP contribution >= 0.6 is 0 Å². The number of aryl methyl sites for hydroxylation is 1. The molecule has 0 saturated heterocycles. The maximum Gasteiger partial charge on any atom is 0.248 e. The van der Waals surface area contributed by atoms with Crippen molar-refractivity contribution < 1.29 is 8.78 Å². The molecule has 0 radical (unpaired) electrons. The van der Waals surface area contributed by atoms with Gasteiger partial charge in [-0.05, 0) is 43.4 Å². The van der Waals surface area contributed by atoms with Gasteiger partial charge >= 0.3 is 0 Å². The van der Waals surface area contributed by atoms with Crippen LogP contribution in [0.25, 0.3) is 0 Å². The standard InChI is InChI=1S/C16H23F2N/c1-3-12-5-4-6-14(11-12)15(19-2)13-7-9-16(17,18)10-8-13/h4-6,11,13,15,19H,3,7-10H2,1-2H3. The minimum Gasteiger partial charge on any atom is -0.313 e. The monoisotopic (exact) mass is 267 g/mol. The summed E-state index contributed by atoms with van der Waals surface area (Å²) in [5.74, 6) is -2.13. The molecule has 19 heavy (non-hydrogen) atoms. The highest BCUT2D eigenvalue weighted by atomic mass is 19.3. The Bertz CT molecular complexity index is 407. The number of hydrogen-bond acceptors (Lipinski definition) is 1. The van der Waals surface area contributed by atoms with Crippen LogP contribution in [0, 0.1) is 5.92 Å². The normalized spacial score (nSPS) is 21.3. The van der Waals surface area contributed by atoms with Crippen LogP contribution in [0.15, 0.2) is 24.3 Å². The van der Waals surface area contributed by atoms with Crippen LogP contribution in [-0.2, 0) is 6.42 Å². The lowest BCUT2D eigenvalue weighted by Gasteiger charge is -2.34. The van der Waals surface area contributed by atoms with E-state index in [2.05, 4.69) is 36.5 Å². The van der Waals surface area contributed by atoms with Crippen LogP contribution in [0.5, 0.6) is 0 Å². The third-order valence-corrected chi connectivity index (χ3v) is 4.26. The third-order valence-electron chi connectivity index (χ3n) is 4.26. The molecular weight excluding hydrogens is 244 g/mol. The van der Waals surface area contributed by atoms with Crippen molar-refractivity contribution in [3.8, 4) is 0 Å². The molecule has 1 nitrogen and oxygen atoms in total. The van der Waals surface area contributed by atoms with E-state index >= 15 is 0 Å². The summed E-state index contributed by atoms with van der Waals surface area (Å²) in [6, 6.07) is 8.69. The van der Waals surface area contributed by atoms with Crippen molar-refractivity contribution in [2.45, 2.75) is 51.0 Å². The summed E-state index contributed by atoms with van der Waals surface area (Å²) in [6.45, 7) is 2.13. The summed E-state index contributed by atoms with van der Waals surface area (Å²) < 4.78 is 26.5. The van der Waals surface area contributed by atoms with E-state index in [0.717, 1.165) is 6.42 Å². The summed E-state index contributed by atoms with van der Waals surface area (Å²) in [6.07, 6.45) is 2.28. The zero-order valence-corrected chi connectivity index (χ0v) is 11.8. The maximum absolute atomic E-state index is 13.2. The second kappa shape index (κ2) is 6.00. The summed E-state index contributed by atoms with van der Waals surface area (Å²) in [5, 5.41) is 3.32. The largest absolute Gasteiger partial charge is 0.313 e. The van der Waals surface area contributed by atoms with E-state index in [4.69, 9.17) is 0 Å². The quantitative estimate of drug-likeness (QED) is 0.856. The van der Waals surface area contributed by atoms with Crippen LogP contribution in [0.3, 0.4) is 0 Å². The Hall–Kier alpha value is -0.960. The number of nitrogens with one attached hydrogen (secondary N) is 1. The molecular formula is C16H23F2N. The average Bonchev–Trinajstić information content (AvgIpc) is 2.41. The number of rotatable bonds is 4. The third kappa shape index (κ3) is 3.53. The molecule has 1 aliphatic carbocycles. The van der Waals surface area contributed by atoms with E-state index in [1.165, 1.54) is 11.1 Å². The molecule has 0 aliphatic heterocycles. The molecule has 1 unspecified atom stereocenters. The number of hydrogen-bond donors (Lipinski definition) is 1. The SMILES string of the molecule is CCc1cccc(C(NC)C2CCC(F)(F)CC2)c1. The van der Waals surface area contributed by atoms with Crippen molar-refractivity contribution in [3.63, 3.8) is 0 Å². The average molecular weight is 267 g/mol. The van der Waals surface area contributed by atoms with Crippen LogP contribution < -0.4 is 5.32 Å². The second-order valence-electron chi connectivity index (χ2n) is 5.56. The number of benzene rings is 1. The van der Waals surface area contributed by atoms with Gasteiger partial charge in [0.1, 0.15) is 0 Å². The molecule has 1 fully saturated rings. The van der Waals surface area contributed by atoms with Gasteiger partial charge in [-0.25, -0.2) is 8.78 Å². The Morgan fingerprint density at radius 2 is 2.00 bits per heavy atom. The molecule has 1 aromatic rings. The van der Waals surface area contributed by atoms with Crippen molar-refractivity contribution in [3.05, 3.63) is 35.4 Å². The zero-order chi connectivity index (χ0) is 13.9. The fourth-order valence-corrected chi connectivity index (χ4v) is 3.08. The van der Waals surface area contributed by atoms with Gasteiger partial charge in [0, 0.05) is 18.9 Å². The molecule has 0 amide bonds. The first-order chi connectivity index (χ1) is 9.05. The summed E-state index contributed by atoms with van der Waals surface area (Å²) >= 11 is 0. The molecule has 1 atom stereocenters. The minimum atomic E-state index is -2.44. The van der Waals surface area contributed by atoms with E-state index in [0.29, 0.717) is 18.8 Å². The van der Waals surface area contributed by atoms with Gasteiger partial charge in [-0.1, -0.05) is 31.2 Å². The lowest BCUT2D eigenvalue weighted by Crippen LogP contribution is -2.32. The highest BCUT2D eigenvalue weighted by Gasteiger charge is 2.37. The fraction of sp³-hybridized carbons (Fsp3) is 0.625. The Kier molecular flexibility index (Phi) is 4.56. The molecule has 0 aromatic heterocycles. The van der Waals surface area contributed by atoms with Gasteiger partial charge in [-0.15, -0.1) is 0 Å². The summed E-state index contributed by atoms with van der Waals surface area (Å²) in [4.78, 5) is 0. The van der Waals surface area contributed by atoms with E-state index in [-0.39, 0.29) is 18.9 Å². The predicted molar refractivity (Wildman–Crippen MR) is 74.5 cm³/mol. The lowest BCUT2D eigenvalue weighted by atomic mass is 9.79. The van der Waals surface area contributed by atoms with Gasteiger partial charge in [0.2, 0.25) is 5.92 Å². The Morgan fingerprint density at radius 1 is 1.32 bits per heavy atom. The van der Waals surface area contributed by atoms with E-state index in [1.54, 1.807) is 0 Å². The van der Waals surface area contributed by atoms with E-state index < -0.39 is 5.92 Å². The van der Waals surface area contributed by atoms with Gasteiger partial charge < -0.3 is 5.32 Å². The predicted octanol–water partition coefficient (Wildman–Crippen LogP) is 4.34. The smallest absolute Gasteiger partial charge is 0.248 e. The fourth-order valence-electron chi connectivity index (χ4n) is 3.08. The van der Waals surface area contributed by atoms with Crippen molar-refractivity contribution in [1.82, 2.24) is 5.32 Å². The van der Waals surface area contributed by atoms with Gasteiger partial charge in [0.25, 0.3) is 0 Å².